The molecule has 0 saturated heterocycles. The molecule has 120 valence electrons. The van der Waals surface area contributed by atoms with Crippen LogP contribution in [0.2, 0.25) is 0 Å². The van der Waals surface area contributed by atoms with Crippen molar-refractivity contribution in [3.63, 3.8) is 0 Å². The molecule has 0 aliphatic carbocycles. The number of aromatic nitrogens is 1. The summed E-state index contributed by atoms with van der Waals surface area (Å²) in [5, 5.41) is 5.81. The van der Waals surface area contributed by atoms with Gasteiger partial charge in [0.15, 0.2) is 0 Å². The number of carbonyl (C=O) groups excluding carboxylic acids is 2. The average Bonchev–Trinajstić information content (AvgIpc) is 3.19. The molecule has 4 rings (SSSR count). The van der Waals surface area contributed by atoms with E-state index in [0.29, 0.717) is 12.1 Å². The molecule has 3 aromatic rings. The Morgan fingerprint density at radius 2 is 2.08 bits per heavy atom. The van der Waals surface area contributed by atoms with Crippen LogP contribution >= 0.6 is 11.3 Å². The van der Waals surface area contributed by atoms with Gasteiger partial charge in [0, 0.05) is 12.1 Å². The third-order valence-electron chi connectivity index (χ3n) is 4.19. The lowest BCUT2D eigenvalue weighted by Gasteiger charge is -2.12. The monoisotopic (exact) mass is 337 g/mol. The van der Waals surface area contributed by atoms with Crippen LogP contribution in [0.4, 0.5) is 0 Å². The summed E-state index contributed by atoms with van der Waals surface area (Å²) in [5.74, 6) is -0.198. The topological polar surface area (TPSA) is 71.1 Å². The average molecular weight is 337 g/mol. The van der Waals surface area contributed by atoms with E-state index in [1.807, 2.05) is 36.4 Å². The molecule has 0 saturated carbocycles. The van der Waals surface area contributed by atoms with Crippen LogP contribution in [-0.2, 0) is 11.3 Å². The minimum Gasteiger partial charge on any atom is -0.352 e. The summed E-state index contributed by atoms with van der Waals surface area (Å²) in [6.07, 6.45) is 0.238. The highest BCUT2D eigenvalue weighted by molar-refractivity contribution is 7.16. The van der Waals surface area contributed by atoms with Crippen molar-refractivity contribution in [2.24, 2.45) is 0 Å². The van der Waals surface area contributed by atoms with Gasteiger partial charge in [0.25, 0.3) is 5.91 Å². The highest BCUT2D eigenvalue weighted by Gasteiger charge is 2.29. The highest BCUT2D eigenvalue weighted by atomic mass is 32.1. The fourth-order valence-corrected chi connectivity index (χ4v) is 3.82. The maximum Gasteiger partial charge on any atom is 0.252 e. The van der Waals surface area contributed by atoms with Gasteiger partial charge < -0.3 is 10.6 Å². The van der Waals surface area contributed by atoms with Gasteiger partial charge in [-0.2, -0.15) is 0 Å². The SMILES string of the molecule is O=C(CC1NC(=O)c2ccccc21)NCc1cccc2ncsc12. The minimum atomic E-state index is -0.257. The highest BCUT2D eigenvalue weighted by Crippen LogP contribution is 2.27. The molecule has 1 unspecified atom stereocenters. The predicted molar refractivity (Wildman–Crippen MR) is 92.7 cm³/mol. The number of nitrogens with zero attached hydrogens (tertiary/aromatic N) is 1. The molecular formula is C18H15N3O2S. The summed E-state index contributed by atoms with van der Waals surface area (Å²) in [5.41, 5.74) is 5.36. The van der Waals surface area contributed by atoms with Crippen molar-refractivity contribution in [1.29, 1.82) is 0 Å². The van der Waals surface area contributed by atoms with E-state index in [1.165, 1.54) is 0 Å². The Morgan fingerprint density at radius 1 is 1.21 bits per heavy atom. The summed E-state index contributed by atoms with van der Waals surface area (Å²) in [6, 6.07) is 13.0. The number of hydrogen-bond acceptors (Lipinski definition) is 4. The fourth-order valence-electron chi connectivity index (χ4n) is 3.02. The van der Waals surface area contributed by atoms with Gasteiger partial charge in [-0.15, -0.1) is 11.3 Å². The van der Waals surface area contributed by atoms with Crippen molar-refractivity contribution >= 4 is 33.4 Å². The van der Waals surface area contributed by atoms with Gasteiger partial charge in [-0.05, 0) is 23.3 Å². The molecule has 2 aromatic carbocycles. The summed E-state index contributed by atoms with van der Waals surface area (Å²) in [6.45, 7) is 0.459. The number of amides is 2. The third-order valence-corrected chi connectivity index (χ3v) is 5.11. The van der Waals surface area contributed by atoms with E-state index in [-0.39, 0.29) is 24.3 Å². The van der Waals surface area contributed by atoms with Gasteiger partial charge >= 0.3 is 0 Å². The summed E-state index contributed by atoms with van der Waals surface area (Å²) in [4.78, 5) is 28.5. The van der Waals surface area contributed by atoms with Crippen LogP contribution in [0.1, 0.15) is 33.9 Å². The molecule has 6 heteroatoms. The quantitative estimate of drug-likeness (QED) is 0.769. The Hall–Kier alpha value is -2.73. The molecule has 2 N–H and O–H groups in total. The van der Waals surface area contributed by atoms with Crippen molar-refractivity contribution in [3.05, 3.63) is 64.7 Å². The van der Waals surface area contributed by atoms with E-state index < -0.39 is 0 Å². The maximum absolute atomic E-state index is 12.3. The van der Waals surface area contributed by atoms with E-state index in [9.17, 15) is 9.59 Å². The van der Waals surface area contributed by atoms with Gasteiger partial charge in [-0.3, -0.25) is 9.59 Å². The van der Waals surface area contributed by atoms with E-state index >= 15 is 0 Å². The second kappa shape index (κ2) is 6.05. The number of carbonyl (C=O) groups is 2. The van der Waals surface area contributed by atoms with Crippen LogP contribution < -0.4 is 10.6 Å². The molecule has 1 aliphatic rings. The van der Waals surface area contributed by atoms with E-state index in [1.54, 1.807) is 22.9 Å². The van der Waals surface area contributed by atoms with Crippen LogP contribution in [0.25, 0.3) is 10.2 Å². The largest absolute Gasteiger partial charge is 0.352 e. The Labute approximate surface area is 142 Å². The number of benzene rings is 2. The Bertz CT molecular complexity index is 935. The van der Waals surface area contributed by atoms with Crippen molar-refractivity contribution in [2.45, 2.75) is 19.0 Å². The van der Waals surface area contributed by atoms with Gasteiger partial charge in [0.1, 0.15) is 0 Å². The van der Waals surface area contributed by atoms with Gasteiger partial charge in [-0.1, -0.05) is 30.3 Å². The first kappa shape index (κ1) is 14.8. The van der Waals surface area contributed by atoms with E-state index in [0.717, 1.165) is 21.3 Å². The number of nitrogens with one attached hydrogen (secondary N) is 2. The number of fused-ring (bicyclic) bond motifs is 2. The van der Waals surface area contributed by atoms with Crippen molar-refractivity contribution in [1.82, 2.24) is 15.6 Å². The summed E-state index contributed by atoms with van der Waals surface area (Å²) < 4.78 is 1.09. The second-order valence-corrected chi connectivity index (χ2v) is 6.57. The molecule has 0 spiro atoms. The zero-order valence-electron chi connectivity index (χ0n) is 12.8. The number of rotatable bonds is 4. The lowest BCUT2D eigenvalue weighted by Crippen LogP contribution is -2.28. The summed E-state index contributed by atoms with van der Waals surface area (Å²) in [7, 11) is 0. The molecule has 0 bridgehead atoms. The van der Waals surface area contributed by atoms with Crippen LogP contribution in [0.3, 0.4) is 0 Å². The number of thiazole rings is 1. The predicted octanol–water partition coefficient (Wildman–Crippen LogP) is 2.79. The molecular weight excluding hydrogens is 322 g/mol. The van der Waals surface area contributed by atoms with E-state index in [4.69, 9.17) is 0 Å². The molecule has 1 aliphatic heterocycles. The first-order chi connectivity index (χ1) is 11.7. The third kappa shape index (κ3) is 2.65. The Kier molecular flexibility index (Phi) is 3.74. The molecule has 1 aromatic heterocycles. The summed E-state index contributed by atoms with van der Waals surface area (Å²) >= 11 is 1.57. The molecule has 0 fully saturated rings. The maximum atomic E-state index is 12.3. The van der Waals surface area contributed by atoms with E-state index in [2.05, 4.69) is 15.6 Å². The zero-order chi connectivity index (χ0) is 16.5. The Balaban J connectivity index is 1.43. The Morgan fingerprint density at radius 3 is 3.00 bits per heavy atom. The zero-order valence-corrected chi connectivity index (χ0v) is 13.6. The lowest BCUT2D eigenvalue weighted by molar-refractivity contribution is -0.121. The molecule has 0 radical (unpaired) electrons. The van der Waals surface area contributed by atoms with Crippen LogP contribution in [0, 0.1) is 0 Å². The van der Waals surface area contributed by atoms with Crippen LogP contribution in [0.15, 0.2) is 48.0 Å². The fraction of sp³-hybridized carbons (Fsp3) is 0.167. The molecule has 5 nitrogen and oxygen atoms in total. The van der Waals surface area contributed by atoms with Gasteiger partial charge in [0.2, 0.25) is 5.91 Å². The van der Waals surface area contributed by atoms with Gasteiger partial charge in [-0.25, -0.2) is 4.98 Å². The molecule has 24 heavy (non-hydrogen) atoms. The lowest BCUT2D eigenvalue weighted by atomic mass is 10.0. The minimum absolute atomic E-state index is 0.0847. The normalized spacial score (nSPS) is 16.0. The van der Waals surface area contributed by atoms with Crippen molar-refractivity contribution in [3.8, 4) is 0 Å². The first-order valence-electron chi connectivity index (χ1n) is 7.70. The molecule has 2 amide bonds. The first-order valence-corrected chi connectivity index (χ1v) is 8.58. The number of hydrogen-bond donors (Lipinski definition) is 2. The standard InChI is InChI=1S/C18H15N3O2S/c22-16(8-15-12-5-1-2-6-13(12)18(23)21-15)19-9-11-4-3-7-14-17(11)24-10-20-14/h1-7,10,15H,8-9H2,(H,19,22)(H,21,23). The molecule has 1 atom stereocenters. The van der Waals surface area contributed by atoms with Crippen LogP contribution in [0.5, 0.6) is 0 Å². The smallest absolute Gasteiger partial charge is 0.252 e. The second-order valence-electron chi connectivity index (χ2n) is 5.71. The van der Waals surface area contributed by atoms with Crippen molar-refractivity contribution < 1.29 is 9.59 Å². The van der Waals surface area contributed by atoms with Crippen LogP contribution in [-0.4, -0.2) is 16.8 Å². The van der Waals surface area contributed by atoms with Crippen molar-refractivity contribution in [2.75, 3.05) is 0 Å². The molecule has 2 heterocycles. The van der Waals surface area contributed by atoms with Gasteiger partial charge in [0.05, 0.1) is 28.2 Å².